The van der Waals surface area contributed by atoms with Gasteiger partial charge in [0.25, 0.3) is 23.1 Å². The van der Waals surface area contributed by atoms with Gasteiger partial charge in [0.15, 0.2) is 0 Å². The Morgan fingerprint density at radius 2 is 0.370 bits per heavy atom. The van der Waals surface area contributed by atoms with E-state index in [1.54, 1.807) is 0 Å². The van der Waals surface area contributed by atoms with Gasteiger partial charge in [0.2, 0.25) is 0 Å². The summed E-state index contributed by atoms with van der Waals surface area (Å²) < 4.78 is 271. The molecule has 0 fully saturated rings. The molecule has 0 aromatic heterocycles. The molecule has 0 saturated carbocycles. The summed E-state index contributed by atoms with van der Waals surface area (Å²) >= 11 is 0. The van der Waals surface area contributed by atoms with Crippen molar-refractivity contribution in [1.82, 2.24) is 0 Å². The molecule has 34 heteroatoms. The minimum atomic E-state index is -5.46. The average molecular weight is 1020 g/mol. The van der Waals surface area contributed by atoms with Crippen LogP contribution in [0.25, 0.3) is 0 Å². The van der Waals surface area contributed by atoms with E-state index >= 15 is 0 Å². The largest absolute Gasteiger partial charge is 3.00 e. The SMILES string of the molecule is O=C(/C=C(\[O-])C(F)(F)F)C(F)(F)F.O=C(/C=C(\[O-])C(F)(F)F)C(F)(F)F.O=C(/C=C(\[O-])C(F)(F)F)C(F)(F)F.O=C(/C=C(\[O-])C(F)(F)F)C(F)(F)F.[Er+3].[Na+]. The van der Waals surface area contributed by atoms with Gasteiger partial charge in [0, 0.05) is 0 Å². The van der Waals surface area contributed by atoms with Crippen molar-refractivity contribution in [3.05, 3.63) is 47.3 Å². The van der Waals surface area contributed by atoms with E-state index in [4.69, 9.17) is 0 Å². The van der Waals surface area contributed by atoms with Crippen LogP contribution in [0.5, 0.6) is 0 Å². The number of allylic oxidation sites excluding steroid dienone is 8. The Bertz CT molecular complexity index is 1160. The second kappa shape index (κ2) is 22.8. The normalized spacial score (nSPS) is 13.9. The standard InChI is InChI=1S/4C5H2F6O2.Er.Na/c4*6-4(7,8)2(12)1-3(13)5(9,10)11;;/h4*1,12H;;/q;;;;+3;+1/p-4/b4*2-1-;;. The average Bonchev–Trinajstić information content (AvgIpc) is 2.85. The summed E-state index contributed by atoms with van der Waals surface area (Å²) in [6.07, 6.45) is -47.8. The molecule has 0 aromatic carbocycles. The van der Waals surface area contributed by atoms with Crippen LogP contribution < -0.4 is 50.0 Å². The Labute approximate surface area is 330 Å². The van der Waals surface area contributed by atoms with Crippen LogP contribution in [0.2, 0.25) is 0 Å². The Hall–Kier alpha value is -2.59. The molecule has 0 heterocycles. The maximum atomic E-state index is 11.3. The number of alkyl halides is 24. The number of hydrogen-bond acceptors (Lipinski definition) is 8. The quantitative estimate of drug-likeness (QED) is 0.172. The molecule has 0 bridgehead atoms. The van der Waals surface area contributed by atoms with Gasteiger partial charge in [-0.2, -0.15) is 105 Å². The van der Waals surface area contributed by atoms with Crippen molar-refractivity contribution in [2.45, 2.75) is 49.4 Å². The van der Waals surface area contributed by atoms with Gasteiger partial charge in [0.1, 0.15) is 0 Å². The Balaban J connectivity index is -0.000000140. The molecule has 0 aliphatic carbocycles. The topological polar surface area (TPSA) is 161 Å². The van der Waals surface area contributed by atoms with Gasteiger partial charge in [0.05, 0.1) is 0 Å². The molecule has 8 nitrogen and oxygen atoms in total. The maximum absolute atomic E-state index is 11.3. The predicted octanol–water partition coefficient (Wildman–Crippen LogP) is 0.701. The molecule has 0 atom stereocenters. The minimum absolute atomic E-state index is 0. The van der Waals surface area contributed by atoms with Crippen molar-refractivity contribution in [2.75, 3.05) is 0 Å². The van der Waals surface area contributed by atoms with Crippen LogP contribution in [0, 0.1) is 37.3 Å². The first-order valence-corrected chi connectivity index (χ1v) is 10.5. The molecule has 0 saturated heterocycles. The molecule has 0 N–H and O–H groups in total. The van der Waals surface area contributed by atoms with Crippen LogP contribution in [0.4, 0.5) is 105 Å². The van der Waals surface area contributed by atoms with E-state index in [9.17, 15) is 145 Å². The minimum Gasteiger partial charge on any atom is -0.869 e. The number of ketones is 4. The van der Waals surface area contributed by atoms with Gasteiger partial charge in [-0.1, -0.05) is 0 Å². The van der Waals surface area contributed by atoms with Crippen LogP contribution in [-0.2, 0) is 19.2 Å². The molecule has 1 radical (unpaired) electrons. The molecule has 0 rings (SSSR count). The summed E-state index contributed by atoms with van der Waals surface area (Å²) in [5.74, 6) is -22.6. The van der Waals surface area contributed by atoms with Gasteiger partial charge < -0.3 is 20.4 Å². The zero-order chi connectivity index (χ0) is 43.4. The summed E-state index contributed by atoms with van der Waals surface area (Å²) in [6, 6.07) is 0. The van der Waals surface area contributed by atoms with E-state index in [0.717, 1.165) is 0 Å². The molecule has 0 unspecified atom stereocenters. The zero-order valence-corrected chi connectivity index (χ0v) is 27.8. The van der Waals surface area contributed by atoms with Crippen molar-refractivity contribution in [3.8, 4) is 0 Å². The van der Waals surface area contributed by atoms with Crippen LogP contribution >= 0.6 is 0 Å². The van der Waals surface area contributed by atoms with Crippen molar-refractivity contribution in [2.24, 2.45) is 0 Å². The van der Waals surface area contributed by atoms with Gasteiger partial charge in [-0.25, -0.2) is 0 Å². The summed E-state index contributed by atoms with van der Waals surface area (Å²) in [7, 11) is 0. The smallest absolute Gasteiger partial charge is 0.869 e. The number of rotatable bonds is 4. The van der Waals surface area contributed by atoms with Crippen molar-refractivity contribution in [3.63, 3.8) is 0 Å². The van der Waals surface area contributed by atoms with Crippen molar-refractivity contribution >= 4 is 23.1 Å². The number of hydrogen-bond donors (Lipinski definition) is 0. The van der Waals surface area contributed by atoms with E-state index in [-0.39, 0.29) is 66.9 Å². The molecule has 54 heavy (non-hydrogen) atoms. The summed E-state index contributed by atoms with van der Waals surface area (Å²) in [5.41, 5.74) is 0. The fourth-order valence-corrected chi connectivity index (χ4v) is 1.13. The summed E-state index contributed by atoms with van der Waals surface area (Å²) in [4.78, 5) is 39.3. The fraction of sp³-hybridized carbons (Fsp3) is 0.400. The van der Waals surface area contributed by atoms with E-state index < -0.39 is 120 Å². The van der Waals surface area contributed by atoms with Crippen LogP contribution in [0.1, 0.15) is 0 Å². The zero-order valence-electron chi connectivity index (χ0n) is 23.9. The van der Waals surface area contributed by atoms with E-state index in [2.05, 4.69) is 0 Å². The van der Waals surface area contributed by atoms with Crippen molar-refractivity contribution in [1.29, 1.82) is 0 Å². The Morgan fingerprint density at radius 3 is 0.426 bits per heavy atom. The number of carbonyl (C=O) groups excluding carboxylic acids is 4. The molecular formula is C20H4ErF24NaO8. The summed E-state index contributed by atoms with van der Waals surface area (Å²) in [5, 5.41) is 39.3. The molecule has 0 aliphatic heterocycles. The third-order valence-corrected chi connectivity index (χ3v) is 3.28. The van der Waals surface area contributed by atoms with Gasteiger partial charge in [-0.3, -0.25) is 19.2 Å². The van der Waals surface area contributed by atoms with E-state index in [0.29, 0.717) is 0 Å². The van der Waals surface area contributed by atoms with Gasteiger partial charge >= 0.3 is 116 Å². The maximum Gasteiger partial charge on any atom is 3.00 e. The molecule has 0 amide bonds. The second-order valence-corrected chi connectivity index (χ2v) is 7.47. The van der Waals surface area contributed by atoms with E-state index in [1.807, 2.05) is 0 Å². The van der Waals surface area contributed by atoms with Gasteiger partial charge in [-0.05, 0) is 47.3 Å². The third kappa shape index (κ3) is 30.7. The molecule has 0 aliphatic rings. The van der Waals surface area contributed by atoms with Crippen molar-refractivity contribution < 1.29 is 212 Å². The van der Waals surface area contributed by atoms with E-state index in [1.165, 1.54) is 0 Å². The van der Waals surface area contributed by atoms with Crippen LogP contribution in [0.3, 0.4) is 0 Å². The fourth-order valence-electron chi connectivity index (χ4n) is 1.13. The number of halogens is 24. The second-order valence-electron chi connectivity index (χ2n) is 7.47. The van der Waals surface area contributed by atoms with Crippen LogP contribution in [0.15, 0.2) is 47.3 Å². The first kappa shape index (κ1) is 63.4. The monoisotopic (exact) mass is 1020 g/mol. The Kier molecular flexibility index (Phi) is 26.8. The predicted molar refractivity (Wildman–Crippen MR) is 101 cm³/mol. The Morgan fingerprint density at radius 1 is 0.278 bits per heavy atom. The first-order chi connectivity index (χ1) is 22.2. The van der Waals surface area contributed by atoms with Crippen LogP contribution in [-0.4, -0.2) is 72.5 Å². The molecule has 0 aromatic rings. The van der Waals surface area contributed by atoms with Gasteiger partial charge in [-0.15, -0.1) is 0 Å². The third-order valence-electron chi connectivity index (χ3n) is 3.28. The molecule has 313 valence electrons. The molecule has 0 spiro atoms. The number of carbonyl (C=O) groups is 4. The molecular weight excluding hydrogens is 1010 g/mol. The summed E-state index contributed by atoms with van der Waals surface area (Å²) in [6.45, 7) is 0. The first-order valence-electron chi connectivity index (χ1n) is 10.5.